The maximum absolute atomic E-state index is 13.2. The Kier molecular flexibility index (Phi) is 4.49. The Bertz CT molecular complexity index is 1080. The number of H-pyrrole nitrogens is 2. The van der Waals surface area contributed by atoms with E-state index in [1.165, 1.54) is 19.1 Å². The van der Waals surface area contributed by atoms with Crippen LogP contribution in [0.4, 0.5) is 22.0 Å². The number of halogens is 5. The highest BCUT2D eigenvalue weighted by molar-refractivity contribution is 5.77. The quantitative estimate of drug-likeness (QED) is 0.670. The van der Waals surface area contributed by atoms with Gasteiger partial charge in [0.1, 0.15) is 22.5 Å². The summed E-state index contributed by atoms with van der Waals surface area (Å²) < 4.78 is 67.9. The second-order valence-electron chi connectivity index (χ2n) is 5.56. The lowest BCUT2D eigenvalue weighted by Gasteiger charge is -2.15. The van der Waals surface area contributed by atoms with E-state index in [9.17, 15) is 31.5 Å². The van der Waals surface area contributed by atoms with Crippen molar-refractivity contribution in [3.63, 3.8) is 0 Å². The van der Waals surface area contributed by atoms with Gasteiger partial charge in [-0.1, -0.05) is 12.1 Å². The van der Waals surface area contributed by atoms with Gasteiger partial charge in [0, 0.05) is 0 Å². The van der Waals surface area contributed by atoms with Crippen LogP contribution in [0.15, 0.2) is 33.9 Å². The Morgan fingerprint density at radius 2 is 1.74 bits per heavy atom. The molecule has 2 N–H and O–H groups in total. The predicted molar refractivity (Wildman–Crippen MR) is 82.9 cm³/mol. The summed E-state index contributed by atoms with van der Waals surface area (Å²) in [6, 6.07) is 3.89. The van der Waals surface area contributed by atoms with Gasteiger partial charge in [-0.2, -0.15) is 5.10 Å². The Labute approximate surface area is 146 Å². The Morgan fingerprint density at radius 1 is 1.11 bits per heavy atom. The third-order valence-electron chi connectivity index (χ3n) is 3.79. The van der Waals surface area contributed by atoms with Gasteiger partial charge in [0.05, 0.1) is 6.04 Å². The molecule has 0 aliphatic carbocycles. The smallest absolute Gasteiger partial charge is 0.406 e. The van der Waals surface area contributed by atoms with E-state index >= 15 is 0 Å². The molecule has 0 fully saturated rings. The molecule has 0 aliphatic heterocycles. The van der Waals surface area contributed by atoms with Gasteiger partial charge in [0.25, 0.3) is 12.0 Å². The minimum atomic E-state index is -4.85. The van der Waals surface area contributed by atoms with Gasteiger partial charge >= 0.3 is 12.1 Å². The van der Waals surface area contributed by atoms with E-state index in [1.54, 1.807) is 0 Å². The fourth-order valence-electron chi connectivity index (χ4n) is 2.62. The van der Waals surface area contributed by atoms with Crippen LogP contribution in [0.5, 0.6) is 5.75 Å². The largest absolute Gasteiger partial charge is 0.573 e. The maximum Gasteiger partial charge on any atom is 0.573 e. The van der Waals surface area contributed by atoms with Gasteiger partial charge in [-0.15, -0.1) is 13.2 Å². The van der Waals surface area contributed by atoms with Crippen molar-refractivity contribution in [2.75, 3.05) is 0 Å². The SMILES string of the molecule is C[C@@H](c1ccc(OC(F)(F)F)cc1)n1nc(C(F)F)c2c(=O)[nH]c(=O)[nH]c21. The summed E-state index contributed by atoms with van der Waals surface area (Å²) in [5, 5.41) is 3.25. The van der Waals surface area contributed by atoms with E-state index < -0.39 is 46.9 Å². The third-order valence-corrected chi connectivity index (χ3v) is 3.79. The average molecular weight is 390 g/mol. The number of aromatic amines is 2. The lowest BCUT2D eigenvalue weighted by Crippen LogP contribution is -2.23. The fraction of sp³-hybridized carbons (Fsp3) is 0.267. The first-order valence-corrected chi connectivity index (χ1v) is 7.45. The van der Waals surface area contributed by atoms with Crippen molar-refractivity contribution in [3.05, 3.63) is 56.4 Å². The van der Waals surface area contributed by atoms with Crippen molar-refractivity contribution < 1.29 is 26.7 Å². The van der Waals surface area contributed by atoms with Crippen LogP contribution in [0.1, 0.15) is 30.6 Å². The number of fused-ring (bicyclic) bond motifs is 1. The number of nitrogens with one attached hydrogen (secondary N) is 2. The molecule has 0 radical (unpaired) electrons. The normalized spacial score (nSPS) is 13.3. The Hall–Kier alpha value is -3.18. The molecule has 0 unspecified atom stereocenters. The molecule has 1 atom stereocenters. The Balaban J connectivity index is 2.07. The van der Waals surface area contributed by atoms with E-state index in [0.29, 0.717) is 5.56 Å². The zero-order valence-electron chi connectivity index (χ0n) is 13.5. The number of alkyl halides is 5. The topological polar surface area (TPSA) is 92.8 Å². The standard InChI is InChI=1S/C15H11F5N4O3/c1-6(7-2-4-8(5-3-7)27-15(18,19)20)24-12-9(10(23-24)11(16)17)13(25)22-14(26)21-12/h2-6,11H,1H3,(H2,21,22,25,26)/t6-/m0/s1. The molecule has 27 heavy (non-hydrogen) atoms. The number of benzene rings is 1. The van der Waals surface area contributed by atoms with E-state index in [2.05, 4.69) is 14.8 Å². The first kappa shape index (κ1) is 18.6. The highest BCUT2D eigenvalue weighted by Gasteiger charge is 2.31. The molecule has 1 aromatic carbocycles. The van der Waals surface area contributed by atoms with Crippen molar-refractivity contribution in [3.8, 4) is 5.75 Å². The summed E-state index contributed by atoms with van der Waals surface area (Å²) in [5.74, 6) is -0.457. The molecule has 144 valence electrons. The lowest BCUT2D eigenvalue weighted by atomic mass is 10.1. The molecule has 0 amide bonds. The highest BCUT2D eigenvalue weighted by atomic mass is 19.4. The number of rotatable bonds is 4. The number of aromatic nitrogens is 4. The molecule has 3 rings (SSSR count). The van der Waals surface area contributed by atoms with Crippen LogP contribution in [0.3, 0.4) is 0 Å². The second-order valence-corrected chi connectivity index (χ2v) is 5.56. The number of hydrogen-bond acceptors (Lipinski definition) is 4. The molecule has 0 bridgehead atoms. The number of ether oxygens (including phenoxy) is 1. The summed E-state index contributed by atoms with van der Waals surface area (Å²) >= 11 is 0. The van der Waals surface area contributed by atoms with Crippen LogP contribution in [0.2, 0.25) is 0 Å². The molecular weight excluding hydrogens is 379 g/mol. The molecule has 2 heterocycles. The molecule has 12 heteroatoms. The minimum absolute atomic E-state index is 0.220. The van der Waals surface area contributed by atoms with E-state index in [0.717, 1.165) is 16.8 Å². The van der Waals surface area contributed by atoms with Crippen molar-refractivity contribution in [1.82, 2.24) is 19.7 Å². The third kappa shape index (κ3) is 3.68. The van der Waals surface area contributed by atoms with Gasteiger partial charge in [-0.3, -0.25) is 14.8 Å². The van der Waals surface area contributed by atoms with Gasteiger partial charge in [-0.25, -0.2) is 18.3 Å². The summed E-state index contributed by atoms with van der Waals surface area (Å²) in [5.41, 5.74) is -2.57. The van der Waals surface area contributed by atoms with Crippen LogP contribution in [-0.4, -0.2) is 26.1 Å². The van der Waals surface area contributed by atoms with Crippen molar-refractivity contribution in [2.45, 2.75) is 25.8 Å². The molecule has 7 nitrogen and oxygen atoms in total. The zero-order valence-corrected chi connectivity index (χ0v) is 13.5. The van der Waals surface area contributed by atoms with Crippen molar-refractivity contribution in [1.29, 1.82) is 0 Å². The van der Waals surface area contributed by atoms with Crippen molar-refractivity contribution in [2.24, 2.45) is 0 Å². The van der Waals surface area contributed by atoms with E-state index in [-0.39, 0.29) is 5.65 Å². The summed E-state index contributed by atoms with van der Waals surface area (Å²) in [6.07, 6.45) is -7.92. The summed E-state index contributed by atoms with van der Waals surface area (Å²) in [7, 11) is 0. The molecule has 0 saturated heterocycles. The van der Waals surface area contributed by atoms with Crippen LogP contribution in [-0.2, 0) is 0 Å². The molecule has 0 spiro atoms. The predicted octanol–water partition coefficient (Wildman–Crippen LogP) is 2.86. The van der Waals surface area contributed by atoms with Crippen LogP contribution < -0.4 is 16.0 Å². The molecule has 0 saturated carbocycles. The monoisotopic (exact) mass is 390 g/mol. The average Bonchev–Trinajstić information content (AvgIpc) is 2.93. The first-order valence-electron chi connectivity index (χ1n) is 7.45. The highest BCUT2D eigenvalue weighted by Crippen LogP contribution is 2.29. The molecule has 3 aromatic rings. The molecule has 2 aromatic heterocycles. The number of nitrogens with zero attached hydrogens (tertiary/aromatic N) is 2. The molecule has 0 aliphatic rings. The van der Waals surface area contributed by atoms with Gasteiger partial charge < -0.3 is 4.74 Å². The van der Waals surface area contributed by atoms with Gasteiger partial charge in [-0.05, 0) is 24.6 Å². The van der Waals surface area contributed by atoms with Crippen molar-refractivity contribution >= 4 is 11.0 Å². The van der Waals surface area contributed by atoms with Crippen LogP contribution in [0.25, 0.3) is 11.0 Å². The van der Waals surface area contributed by atoms with Gasteiger partial charge in [0.2, 0.25) is 0 Å². The summed E-state index contributed by atoms with van der Waals surface area (Å²) in [6.45, 7) is 1.51. The number of hydrogen-bond donors (Lipinski definition) is 2. The maximum atomic E-state index is 13.2. The van der Waals surface area contributed by atoms with Gasteiger partial charge in [0.15, 0.2) is 0 Å². The minimum Gasteiger partial charge on any atom is -0.406 e. The van der Waals surface area contributed by atoms with E-state index in [4.69, 9.17) is 0 Å². The van der Waals surface area contributed by atoms with Crippen LogP contribution >= 0.6 is 0 Å². The fourth-order valence-corrected chi connectivity index (χ4v) is 2.62. The molecular formula is C15H11F5N4O3. The van der Waals surface area contributed by atoms with Crippen LogP contribution in [0, 0.1) is 0 Å². The second kappa shape index (κ2) is 6.52. The first-order chi connectivity index (χ1) is 12.6. The summed E-state index contributed by atoms with van der Waals surface area (Å²) in [4.78, 5) is 27.5. The van der Waals surface area contributed by atoms with E-state index in [1.807, 2.05) is 4.98 Å². The zero-order chi connectivity index (χ0) is 19.9. The lowest BCUT2D eigenvalue weighted by molar-refractivity contribution is -0.274. The Morgan fingerprint density at radius 3 is 2.30 bits per heavy atom.